The first-order chi connectivity index (χ1) is 10.7. The molecule has 1 aliphatic rings. The summed E-state index contributed by atoms with van der Waals surface area (Å²) in [5, 5.41) is 2.33. The third-order valence-corrected chi connectivity index (χ3v) is 4.48. The van der Waals surface area contributed by atoms with Gasteiger partial charge in [0.25, 0.3) is 0 Å². The maximum Gasteiger partial charge on any atom is 0.329 e. The molecule has 2 heterocycles. The van der Waals surface area contributed by atoms with Crippen LogP contribution in [0.15, 0.2) is 23.0 Å². The maximum absolute atomic E-state index is 12.6. The number of nitrogens with one attached hydrogen (secondary N) is 1. The van der Waals surface area contributed by atoms with Gasteiger partial charge < -0.3 is 0 Å². The quantitative estimate of drug-likeness (QED) is 0.813. The molecule has 0 aliphatic carbocycles. The summed E-state index contributed by atoms with van der Waals surface area (Å²) in [6.07, 6.45) is 0.599. The van der Waals surface area contributed by atoms with Crippen molar-refractivity contribution in [2.75, 3.05) is 0 Å². The Morgan fingerprint density at radius 1 is 1.13 bits per heavy atom. The molecule has 0 bridgehead atoms. The summed E-state index contributed by atoms with van der Waals surface area (Å²) in [6.45, 7) is 6.31. The number of benzene rings is 1. The summed E-state index contributed by atoms with van der Waals surface area (Å²) in [6, 6.07) is 5.26. The van der Waals surface area contributed by atoms with Crippen LogP contribution in [-0.4, -0.2) is 20.9 Å². The van der Waals surface area contributed by atoms with E-state index in [9.17, 15) is 14.4 Å². The minimum Gasteiger partial charge on any atom is -0.295 e. The summed E-state index contributed by atoms with van der Waals surface area (Å²) in [5.41, 5.74) is 2.32. The number of imide groups is 1. The lowest BCUT2D eigenvalue weighted by Gasteiger charge is -2.23. The molecule has 2 amide bonds. The van der Waals surface area contributed by atoms with Crippen LogP contribution in [0.4, 0.5) is 0 Å². The van der Waals surface area contributed by atoms with Crippen LogP contribution < -0.4 is 11.0 Å². The van der Waals surface area contributed by atoms with E-state index < -0.39 is 11.9 Å². The number of hydrogen-bond donors (Lipinski definition) is 1. The number of carbonyl (C=O) groups is 2. The Balaban J connectivity index is 2.23. The van der Waals surface area contributed by atoms with E-state index in [0.717, 1.165) is 16.6 Å². The number of piperidine rings is 1. The number of hydrogen-bond acceptors (Lipinski definition) is 3. The fraction of sp³-hybridized carbons (Fsp3) is 0.471. The second-order valence-electron chi connectivity index (χ2n) is 7.13. The van der Waals surface area contributed by atoms with Crippen LogP contribution >= 0.6 is 0 Å². The molecule has 0 spiro atoms. The SMILES string of the molecule is Cn1c(=O)n(C2CCC(=O)NC2=O)c2cc(C(C)(C)C)ccc21. The van der Waals surface area contributed by atoms with Gasteiger partial charge in [0.15, 0.2) is 0 Å². The molecule has 1 saturated heterocycles. The van der Waals surface area contributed by atoms with Gasteiger partial charge >= 0.3 is 5.69 Å². The van der Waals surface area contributed by atoms with E-state index in [0.29, 0.717) is 6.42 Å². The van der Waals surface area contributed by atoms with E-state index >= 15 is 0 Å². The molecule has 0 saturated carbocycles. The third-order valence-electron chi connectivity index (χ3n) is 4.48. The number of nitrogens with zero attached hydrogens (tertiary/aromatic N) is 2. The number of amides is 2. The van der Waals surface area contributed by atoms with E-state index in [-0.39, 0.29) is 23.4 Å². The molecule has 6 heteroatoms. The minimum absolute atomic E-state index is 0.0598. The highest BCUT2D eigenvalue weighted by Gasteiger charge is 2.31. The number of rotatable bonds is 1. The van der Waals surface area contributed by atoms with Crippen molar-refractivity contribution in [3.63, 3.8) is 0 Å². The van der Waals surface area contributed by atoms with Crippen molar-refractivity contribution in [3.05, 3.63) is 34.2 Å². The summed E-state index contributed by atoms with van der Waals surface area (Å²) < 4.78 is 3.07. The Morgan fingerprint density at radius 2 is 1.83 bits per heavy atom. The third kappa shape index (κ3) is 2.48. The van der Waals surface area contributed by atoms with Crippen LogP contribution in [0.5, 0.6) is 0 Å². The molecule has 6 nitrogen and oxygen atoms in total. The highest BCUT2D eigenvalue weighted by Crippen LogP contribution is 2.28. The molecule has 1 aromatic carbocycles. The van der Waals surface area contributed by atoms with E-state index in [2.05, 4.69) is 26.1 Å². The van der Waals surface area contributed by atoms with E-state index in [1.54, 1.807) is 11.6 Å². The van der Waals surface area contributed by atoms with Gasteiger partial charge in [-0.3, -0.25) is 24.0 Å². The topological polar surface area (TPSA) is 73.1 Å². The Hall–Kier alpha value is -2.37. The number of carbonyl (C=O) groups excluding carboxylic acids is 2. The Morgan fingerprint density at radius 3 is 2.43 bits per heavy atom. The Labute approximate surface area is 134 Å². The molecular formula is C17H21N3O3. The summed E-state index contributed by atoms with van der Waals surface area (Å²) >= 11 is 0. The van der Waals surface area contributed by atoms with Gasteiger partial charge in [0.1, 0.15) is 6.04 Å². The Kier molecular flexibility index (Phi) is 3.43. The molecule has 1 N–H and O–H groups in total. The largest absolute Gasteiger partial charge is 0.329 e. The molecule has 3 rings (SSSR count). The molecule has 1 aromatic heterocycles. The first-order valence-electron chi connectivity index (χ1n) is 7.75. The molecule has 2 aromatic rings. The molecule has 1 fully saturated rings. The number of aromatic nitrogens is 2. The first kappa shape index (κ1) is 15.5. The number of imidazole rings is 1. The van der Waals surface area contributed by atoms with Gasteiger partial charge in [0, 0.05) is 13.5 Å². The monoisotopic (exact) mass is 315 g/mol. The number of aryl methyl sites for hydroxylation is 1. The van der Waals surface area contributed by atoms with Crippen molar-refractivity contribution < 1.29 is 9.59 Å². The zero-order valence-corrected chi connectivity index (χ0v) is 13.8. The zero-order chi connectivity index (χ0) is 16.9. The van der Waals surface area contributed by atoms with Crippen LogP contribution in [0.25, 0.3) is 11.0 Å². The van der Waals surface area contributed by atoms with Crippen LogP contribution in [0, 0.1) is 0 Å². The van der Waals surface area contributed by atoms with Gasteiger partial charge in [-0.25, -0.2) is 4.79 Å². The van der Waals surface area contributed by atoms with E-state index in [1.807, 2.05) is 18.2 Å². The molecule has 1 atom stereocenters. The predicted molar refractivity (Wildman–Crippen MR) is 87.3 cm³/mol. The predicted octanol–water partition coefficient (Wildman–Crippen LogP) is 1.62. The molecule has 1 unspecified atom stereocenters. The molecule has 1 aliphatic heterocycles. The van der Waals surface area contributed by atoms with Gasteiger partial charge in [-0.2, -0.15) is 0 Å². The zero-order valence-electron chi connectivity index (χ0n) is 13.8. The molecule has 23 heavy (non-hydrogen) atoms. The average Bonchev–Trinajstić information content (AvgIpc) is 2.71. The van der Waals surface area contributed by atoms with E-state index in [1.165, 1.54) is 4.57 Å². The van der Waals surface area contributed by atoms with E-state index in [4.69, 9.17) is 0 Å². The fourth-order valence-electron chi connectivity index (χ4n) is 3.06. The fourth-order valence-corrected chi connectivity index (χ4v) is 3.06. The van der Waals surface area contributed by atoms with Crippen molar-refractivity contribution in [3.8, 4) is 0 Å². The van der Waals surface area contributed by atoms with Gasteiger partial charge in [-0.05, 0) is 29.5 Å². The van der Waals surface area contributed by atoms with Crippen LogP contribution in [0.3, 0.4) is 0 Å². The van der Waals surface area contributed by atoms with Crippen LogP contribution in [0.1, 0.15) is 45.2 Å². The second kappa shape index (κ2) is 5.08. The molecule has 122 valence electrons. The van der Waals surface area contributed by atoms with Crippen molar-refractivity contribution in [2.45, 2.75) is 45.1 Å². The summed E-state index contributed by atoms with van der Waals surface area (Å²) in [5.74, 6) is -0.688. The van der Waals surface area contributed by atoms with Crippen molar-refractivity contribution in [2.24, 2.45) is 7.05 Å². The van der Waals surface area contributed by atoms with Gasteiger partial charge in [0.2, 0.25) is 11.8 Å². The lowest BCUT2D eigenvalue weighted by atomic mass is 9.87. The van der Waals surface area contributed by atoms with Gasteiger partial charge in [-0.1, -0.05) is 26.8 Å². The Bertz CT molecular complexity index is 868. The standard InChI is InChI=1S/C17H21N3O3/c1-17(2,3)10-5-6-11-13(9-10)20(16(23)19(11)4)12-7-8-14(21)18-15(12)22/h5-6,9,12H,7-8H2,1-4H3,(H,18,21,22). The second-order valence-corrected chi connectivity index (χ2v) is 7.13. The summed E-state index contributed by atoms with van der Waals surface area (Å²) in [7, 11) is 1.70. The maximum atomic E-state index is 12.6. The first-order valence-corrected chi connectivity index (χ1v) is 7.75. The van der Waals surface area contributed by atoms with Gasteiger partial charge in [-0.15, -0.1) is 0 Å². The van der Waals surface area contributed by atoms with Crippen LogP contribution in [0.2, 0.25) is 0 Å². The van der Waals surface area contributed by atoms with Gasteiger partial charge in [0.05, 0.1) is 11.0 Å². The van der Waals surface area contributed by atoms with Crippen LogP contribution in [-0.2, 0) is 22.1 Å². The highest BCUT2D eigenvalue weighted by molar-refractivity contribution is 6.00. The average molecular weight is 315 g/mol. The number of fused-ring (bicyclic) bond motifs is 1. The van der Waals surface area contributed by atoms with Crippen molar-refractivity contribution >= 4 is 22.8 Å². The molecule has 0 radical (unpaired) electrons. The lowest BCUT2D eigenvalue weighted by molar-refractivity contribution is -0.135. The lowest BCUT2D eigenvalue weighted by Crippen LogP contribution is -2.44. The normalized spacial score (nSPS) is 19.2. The highest BCUT2D eigenvalue weighted by atomic mass is 16.2. The minimum atomic E-state index is -0.640. The summed E-state index contributed by atoms with van der Waals surface area (Å²) in [4.78, 5) is 36.2. The van der Waals surface area contributed by atoms with Crippen molar-refractivity contribution in [1.82, 2.24) is 14.5 Å². The van der Waals surface area contributed by atoms with Crippen molar-refractivity contribution in [1.29, 1.82) is 0 Å². The smallest absolute Gasteiger partial charge is 0.295 e. The molecular weight excluding hydrogens is 294 g/mol.